The Balaban J connectivity index is 1.84. The minimum atomic E-state index is -1.63. The second-order valence-corrected chi connectivity index (χ2v) is 7.16. The van der Waals surface area contributed by atoms with E-state index in [4.69, 9.17) is 10.5 Å². The smallest absolute Gasteiger partial charge is 0.352 e. The number of β-lactam (4-membered cyclic amide) rings is 1. The Morgan fingerprint density at radius 1 is 1.42 bits per heavy atom. The van der Waals surface area contributed by atoms with E-state index in [1.807, 2.05) is 0 Å². The minimum Gasteiger partial charge on any atom is -0.477 e. The maximum Gasteiger partial charge on any atom is 0.352 e. The van der Waals surface area contributed by atoms with Gasteiger partial charge in [-0.3, -0.25) is 14.5 Å². The van der Waals surface area contributed by atoms with E-state index < -0.39 is 34.9 Å². The van der Waals surface area contributed by atoms with Crippen molar-refractivity contribution in [1.82, 2.24) is 10.2 Å². The van der Waals surface area contributed by atoms with Crippen LogP contribution in [-0.2, 0) is 19.1 Å². The third kappa shape index (κ3) is 2.68. The number of aliphatic carboxylic acids is 1. The highest BCUT2D eigenvalue weighted by Crippen LogP contribution is 2.46. The number of carbonyl (C=O) groups excluding carboxylic acids is 2. The summed E-state index contributed by atoms with van der Waals surface area (Å²) in [6.45, 7) is 1.66. The Morgan fingerprint density at radius 2 is 2.08 bits per heavy atom. The summed E-state index contributed by atoms with van der Waals surface area (Å²) in [5.74, 6) is -1.96. The van der Waals surface area contributed by atoms with Crippen LogP contribution in [0.25, 0.3) is 0 Å². The highest BCUT2D eigenvalue weighted by molar-refractivity contribution is 8.00. The topological polar surface area (TPSA) is 122 Å². The number of carbonyl (C=O) groups is 3. The molecule has 1 saturated heterocycles. The van der Waals surface area contributed by atoms with Gasteiger partial charge < -0.3 is 20.9 Å². The van der Waals surface area contributed by atoms with Gasteiger partial charge in [0.2, 0.25) is 5.91 Å². The molecular weight excluding hydrogens is 358 g/mol. The second kappa shape index (κ2) is 6.75. The molecule has 0 aliphatic carbocycles. The highest BCUT2D eigenvalue weighted by atomic mass is 32.2. The van der Waals surface area contributed by atoms with E-state index in [9.17, 15) is 19.5 Å². The van der Waals surface area contributed by atoms with Gasteiger partial charge in [0.15, 0.2) is 0 Å². The van der Waals surface area contributed by atoms with E-state index in [1.54, 1.807) is 37.3 Å². The number of rotatable bonds is 5. The molecule has 0 saturated carbocycles. The van der Waals surface area contributed by atoms with E-state index in [2.05, 4.69) is 5.32 Å². The Kier molecular flexibility index (Phi) is 4.78. The molecular formula is C17H19N3O5S. The fourth-order valence-corrected chi connectivity index (χ4v) is 4.49. The van der Waals surface area contributed by atoms with Crippen molar-refractivity contribution >= 4 is 29.5 Å². The molecule has 1 aromatic carbocycles. The molecule has 2 unspecified atom stereocenters. The van der Waals surface area contributed by atoms with Gasteiger partial charge in [0.25, 0.3) is 11.6 Å². The summed E-state index contributed by atoms with van der Waals surface area (Å²) in [7, 11) is 1.30. The number of hydrogen-bond acceptors (Lipinski definition) is 6. The predicted octanol–water partition coefficient (Wildman–Crippen LogP) is 0.419. The zero-order valence-electron chi connectivity index (χ0n) is 14.3. The number of hydrogen-bond donors (Lipinski definition) is 3. The van der Waals surface area contributed by atoms with Crippen LogP contribution in [0.5, 0.6) is 0 Å². The van der Waals surface area contributed by atoms with Crippen molar-refractivity contribution in [3.05, 3.63) is 47.2 Å². The summed E-state index contributed by atoms with van der Waals surface area (Å²) < 4.78 is 5.36. The molecule has 0 radical (unpaired) electrons. The lowest BCUT2D eigenvalue weighted by molar-refractivity contribution is -0.192. The van der Waals surface area contributed by atoms with Crippen LogP contribution in [0.2, 0.25) is 0 Å². The van der Waals surface area contributed by atoms with Crippen molar-refractivity contribution in [2.45, 2.75) is 24.1 Å². The number of ether oxygens (including phenoxy) is 1. The number of fused-ring (bicyclic) bond motifs is 1. The van der Waals surface area contributed by atoms with Crippen molar-refractivity contribution in [2.24, 2.45) is 5.73 Å². The number of methoxy groups -OCH3 is 1. The average molecular weight is 377 g/mol. The maximum absolute atomic E-state index is 12.7. The van der Waals surface area contributed by atoms with Gasteiger partial charge in [0.05, 0.1) is 0 Å². The van der Waals surface area contributed by atoms with E-state index in [0.29, 0.717) is 16.9 Å². The van der Waals surface area contributed by atoms with Gasteiger partial charge in [-0.1, -0.05) is 30.3 Å². The molecule has 2 heterocycles. The maximum atomic E-state index is 12.7. The summed E-state index contributed by atoms with van der Waals surface area (Å²) in [6.07, 6.45) is 0. The number of benzene rings is 1. The van der Waals surface area contributed by atoms with Gasteiger partial charge in [0, 0.05) is 12.9 Å². The fourth-order valence-electron chi connectivity index (χ4n) is 3.11. The summed E-state index contributed by atoms with van der Waals surface area (Å²) in [6, 6.07) is 7.77. The quantitative estimate of drug-likeness (QED) is 0.502. The standard InChI is InChI=1S/C17H19N3O5S/c1-9-8-26-16-17(25-2,15(24)20(16)12(9)14(22)23)19-13(21)11(18)10-6-4-3-5-7-10/h3-7,11,16H,8,18H2,1-2H3,(H,19,21)(H,22,23)/t11?,16-,17?/m0/s1. The molecule has 0 aromatic heterocycles. The van der Waals surface area contributed by atoms with E-state index in [0.717, 1.165) is 4.90 Å². The summed E-state index contributed by atoms with van der Waals surface area (Å²) in [5.41, 5.74) is 5.48. The molecule has 8 nitrogen and oxygen atoms in total. The van der Waals surface area contributed by atoms with Gasteiger partial charge >= 0.3 is 5.97 Å². The Bertz CT molecular complexity index is 797. The van der Waals surface area contributed by atoms with Crippen LogP contribution in [0.15, 0.2) is 41.6 Å². The first-order valence-electron chi connectivity index (χ1n) is 7.89. The van der Waals surface area contributed by atoms with Crippen LogP contribution in [0, 0.1) is 0 Å². The third-order valence-corrected chi connectivity index (χ3v) is 5.95. The Hall–Kier alpha value is -2.36. The lowest BCUT2D eigenvalue weighted by Crippen LogP contribution is -2.81. The van der Waals surface area contributed by atoms with Crippen LogP contribution in [0.4, 0.5) is 0 Å². The first kappa shape index (κ1) is 18.4. The van der Waals surface area contributed by atoms with Crippen LogP contribution in [0.1, 0.15) is 18.5 Å². The monoisotopic (exact) mass is 377 g/mol. The number of carboxylic acids is 1. The molecule has 3 rings (SSSR count). The van der Waals surface area contributed by atoms with Crippen molar-refractivity contribution in [3.63, 3.8) is 0 Å². The molecule has 0 spiro atoms. The van der Waals surface area contributed by atoms with Gasteiger partial charge in [-0.05, 0) is 18.1 Å². The summed E-state index contributed by atoms with van der Waals surface area (Å²) >= 11 is 1.33. The van der Waals surface area contributed by atoms with Gasteiger partial charge in [-0.2, -0.15) is 0 Å². The molecule has 26 heavy (non-hydrogen) atoms. The zero-order valence-corrected chi connectivity index (χ0v) is 15.1. The summed E-state index contributed by atoms with van der Waals surface area (Å²) in [4.78, 5) is 38.0. The number of nitrogens with one attached hydrogen (secondary N) is 1. The SMILES string of the molecule is COC1(NC(=O)C(N)c2ccccc2)C(=O)N2C(C(=O)O)=C(C)CS[C@H]21. The highest BCUT2D eigenvalue weighted by Gasteiger charge is 2.66. The third-order valence-electron chi connectivity index (χ3n) is 4.50. The largest absolute Gasteiger partial charge is 0.477 e. The molecule has 2 amide bonds. The molecule has 4 N–H and O–H groups in total. The number of nitrogens with zero attached hydrogens (tertiary/aromatic N) is 1. The fraction of sp³-hybridized carbons (Fsp3) is 0.353. The molecule has 3 atom stereocenters. The molecule has 9 heteroatoms. The number of carboxylic acid groups (broad SMARTS) is 1. The van der Waals surface area contributed by atoms with Crippen molar-refractivity contribution in [2.75, 3.05) is 12.9 Å². The summed E-state index contributed by atoms with van der Waals surface area (Å²) in [5, 5.41) is 11.3. The van der Waals surface area contributed by atoms with Crippen molar-refractivity contribution in [3.8, 4) is 0 Å². The molecule has 1 aromatic rings. The van der Waals surface area contributed by atoms with Gasteiger partial charge in [-0.25, -0.2) is 4.79 Å². The lowest BCUT2D eigenvalue weighted by atomic mass is 9.97. The average Bonchev–Trinajstić information content (AvgIpc) is 2.65. The first-order valence-corrected chi connectivity index (χ1v) is 8.94. The van der Waals surface area contributed by atoms with E-state index in [-0.39, 0.29) is 5.70 Å². The van der Waals surface area contributed by atoms with Gasteiger partial charge in [-0.15, -0.1) is 11.8 Å². The minimum absolute atomic E-state index is 0.0620. The number of nitrogens with two attached hydrogens (primary N) is 1. The van der Waals surface area contributed by atoms with Crippen LogP contribution >= 0.6 is 11.8 Å². The Labute approximate surface area is 154 Å². The van der Waals surface area contributed by atoms with Crippen LogP contribution < -0.4 is 11.1 Å². The second-order valence-electron chi connectivity index (χ2n) is 6.09. The molecule has 0 bridgehead atoms. The molecule has 2 aliphatic rings. The Morgan fingerprint density at radius 3 is 2.65 bits per heavy atom. The van der Waals surface area contributed by atoms with Crippen molar-refractivity contribution in [1.29, 1.82) is 0 Å². The predicted molar refractivity (Wildman–Crippen MR) is 94.7 cm³/mol. The molecule has 1 fully saturated rings. The number of amides is 2. The zero-order chi connectivity index (χ0) is 19.1. The lowest BCUT2D eigenvalue weighted by Gasteiger charge is -2.55. The molecule has 138 valence electrons. The van der Waals surface area contributed by atoms with E-state index in [1.165, 1.54) is 18.9 Å². The van der Waals surface area contributed by atoms with Crippen LogP contribution in [0.3, 0.4) is 0 Å². The van der Waals surface area contributed by atoms with Crippen molar-refractivity contribution < 1.29 is 24.2 Å². The molecule has 2 aliphatic heterocycles. The van der Waals surface area contributed by atoms with Gasteiger partial charge in [0.1, 0.15) is 17.1 Å². The first-order chi connectivity index (χ1) is 12.3. The van der Waals surface area contributed by atoms with E-state index >= 15 is 0 Å². The number of thioether (sulfide) groups is 1. The normalized spacial score (nSPS) is 26.0. The van der Waals surface area contributed by atoms with Crippen LogP contribution in [-0.4, -0.2) is 51.8 Å².